The fourth-order valence-corrected chi connectivity index (χ4v) is 7.15. The number of nitriles is 1. The van der Waals surface area contributed by atoms with Gasteiger partial charge in [-0.15, -0.1) is 0 Å². The van der Waals surface area contributed by atoms with Gasteiger partial charge in [0.1, 0.15) is 22.7 Å². The molecule has 214 valence electrons. The van der Waals surface area contributed by atoms with Crippen molar-refractivity contribution >= 4 is 21.4 Å². The highest BCUT2D eigenvalue weighted by Gasteiger charge is 2.47. The molecular weight excluding hydrogens is 540 g/mol. The van der Waals surface area contributed by atoms with Gasteiger partial charge in [0.15, 0.2) is 9.84 Å². The number of rotatable bonds is 7. The summed E-state index contributed by atoms with van der Waals surface area (Å²) in [6.07, 6.45) is 4.82. The van der Waals surface area contributed by atoms with Gasteiger partial charge >= 0.3 is 0 Å². The average Bonchev–Trinajstić information content (AvgIpc) is 3.63. The number of methoxy groups -OCH3 is 1. The minimum absolute atomic E-state index is 0.0885. The fraction of sp³-hybridized carbons (Fsp3) is 0.452. The number of carbonyl (C=O) groups is 1. The maximum Gasteiger partial charge on any atom is 0.227 e. The quantitative estimate of drug-likeness (QED) is 0.431. The monoisotopic (exact) mass is 574 g/mol. The molecule has 0 spiro atoms. The van der Waals surface area contributed by atoms with E-state index in [0.717, 1.165) is 42.5 Å². The molecule has 2 atom stereocenters. The number of amides is 1. The molecule has 0 unspecified atom stereocenters. The Kier molecular flexibility index (Phi) is 7.24. The lowest BCUT2D eigenvalue weighted by molar-refractivity contribution is -0.127. The first kappa shape index (κ1) is 27.3. The van der Waals surface area contributed by atoms with Gasteiger partial charge in [-0.1, -0.05) is 31.0 Å². The van der Waals surface area contributed by atoms with Crippen LogP contribution in [0.15, 0.2) is 52.9 Å². The van der Waals surface area contributed by atoms with Gasteiger partial charge in [0.2, 0.25) is 11.8 Å². The molecule has 9 nitrogen and oxygen atoms in total. The number of nitrogens with one attached hydrogen (secondary N) is 1. The Balaban J connectivity index is 1.36. The van der Waals surface area contributed by atoms with Gasteiger partial charge in [0.05, 0.1) is 24.7 Å². The second-order valence-corrected chi connectivity index (χ2v) is 13.6. The van der Waals surface area contributed by atoms with E-state index < -0.39 is 15.4 Å². The Morgan fingerprint density at radius 2 is 1.83 bits per heavy atom. The Bertz CT molecular complexity index is 1570. The number of anilines is 1. The predicted octanol–water partition coefficient (Wildman–Crippen LogP) is 4.70. The SMILES string of the molecule is COc1cccc(-c2nc(-c3ccc(N4CCS(=O)(=O)CC4)cc3)c([C@@H]3CCCC[C@H]3C(=O)NC3(C#N)CC3)o2)c1. The lowest BCUT2D eigenvalue weighted by atomic mass is 9.76. The van der Waals surface area contributed by atoms with E-state index in [4.69, 9.17) is 14.1 Å². The molecule has 3 fully saturated rings. The number of nitrogens with zero attached hydrogens (tertiary/aromatic N) is 3. The molecule has 2 heterocycles. The highest BCUT2D eigenvalue weighted by Crippen LogP contribution is 2.45. The van der Waals surface area contributed by atoms with Gasteiger partial charge in [-0.25, -0.2) is 13.4 Å². The summed E-state index contributed by atoms with van der Waals surface area (Å²) in [7, 11) is -1.35. The van der Waals surface area contributed by atoms with Crippen LogP contribution in [0, 0.1) is 17.2 Å². The van der Waals surface area contributed by atoms with E-state index >= 15 is 0 Å². The number of hydrogen-bond acceptors (Lipinski definition) is 8. The summed E-state index contributed by atoms with van der Waals surface area (Å²) in [5.74, 6) is 1.57. The predicted molar refractivity (Wildman–Crippen MR) is 155 cm³/mol. The van der Waals surface area contributed by atoms with E-state index in [1.165, 1.54) is 0 Å². The summed E-state index contributed by atoms with van der Waals surface area (Å²) in [4.78, 5) is 20.5. The number of ether oxygens (including phenoxy) is 1. The van der Waals surface area contributed by atoms with Crippen LogP contribution in [0.3, 0.4) is 0 Å². The van der Waals surface area contributed by atoms with E-state index in [-0.39, 0.29) is 29.2 Å². The van der Waals surface area contributed by atoms with E-state index in [1.54, 1.807) is 7.11 Å². The van der Waals surface area contributed by atoms with Crippen LogP contribution in [0.25, 0.3) is 22.7 Å². The summed E-state index contributed by atoms with van der Waals surface area (Å²) >= 11 is 0. The summed E-state index contributed by atoms with van der Waals surface area (Å²) < 4.78 is 35.7. The number of benzene rings is 2. The van der Waals surface area contributed by atoms with Crippen molar-refractivity contribution in [2.75, 3.05) is 36.6 Å². The second kappa shape index (κ2) is 10.9. The first-order chi connectivity index (χ1) is 19.8. The molecule has 1 amide bonds. The number of carbonyl (C=O) groups excluding carboxylic acids is 1. The lowest BCUT2D eigenvalue weighted by Gasteiger charge is -2.30. The van der Waals surface area contributed by atoms with Crippen LogP contribution >= 0.6 is 0 Å². The van der Waals surface area contributed by atoms with Crippen molar-refractivity contribution < 1.29 is 22.4 Å². The zero-order valence-electron chi connectivity index (χ0n) is 23.1. The van der Waals surface area contributed by atoms with Crippen LogP contribution in [0.4, 0.5) is 5.69 Å². The maximum atomic E-state index is 13.5. The molecule has 10 heteroatoms. The molecule has 0 radical (unpaired) electrons. The van der Waals surface area contributed by atoms with Crippen molar-refractivity contribution in [1.82, 2.24) is 10.3 Å². The van der Waals surface area contributed by atoms with E-state index in [1.807, 2.05) is 48.5 Å². The van der Waals surface area contributed by atoms with Crippen molar-refractivity contribution in [3.05, 3.63) is 54.3 Å². The van der Waals surface area contributed by atoms with Crippen LogP contribution in [-0.2, 0) is 14.6 Å². The molecule has 6 rings (SSSR count). The molecule has 2 saturated carbocycles. The number of sulfone groups is 1. The van der Waals surface area contributed by atoms with Gasteiger partial charge in [-0.3, -0.25) is 4.79 Å². The van der Waals surface area contributed by atoms with Crippen LogP contribution in [0.1, 0.15) is 50.2 Å². The highest BCUT2D eigenvalue weighted by molar-refractivity contribution is 7.91. The van der Waals surface area contributed by atoms with Gasteiger partial charge < -0.3 is 19.4 Å². The molecule has 3 aliphatic rings. The summed E-state index contributed by atoms with van der Waals surface area (Å²) in [5.41, 5.74) is 2.58. The molecule has 0 bridgehead atoms. The molecule has 1 N–H and O–H groups in total. The fourth-order valence-electron chi connectivity index (χ4n) is 5.95. The van der Waals surface area contributed by atoms with Gasteiger partial charge in [0.25, 0.3) is 0 Å². The number of aromatic nitrogens is 1. The zero-order valence-corrected chi connectivity index (χ0v) is 24.0. The van der Waals surface area contributed by atoms with Crippen molar-refractivity contribution in [3.63, 3.8) is 0 Å². The summed E-state index contributed by atoms with van der Waals surface area (Å²) in [6, 6.07) is 17.8. The molecular formula is C31H34N4O5S. The summed E-state index contributed by atoms with van der Waals surface area (Å²) in [6.45, 7) is 0.944. The van der Waals surface area contributed by atoms with Crippen LogP contribution in [0.2, 0.25) is 0 Å². The van der Waals surface area contributed by atoms with E-state index in [0.29, 0.717) is 49.0 Å². The third-order valence-electron chi connectivity index (χ3n) is 8.59. The minimum atomic E-state index is -2.97. The molecule has 1 aromatic heterocycles. The van der Waals surface area contributed by atoms with Gasteiger partial charge in [-0.05, 0) is 56.0 Å². The van der Waals surface area contributed by atoms with Gasteiger partial charge in [0, 0.05) is 41.7 Å². The number of oxazole rings is 1. The van der Waals surface area contributed by atoms with Crippen LogP contribution in [-0.4, -0.2) is 56.6 Å². The highest BCUT2D eigenvalue weighted by atomic mass is 32.2. The van der Waals surface area contributed by atoms with Crippen LogP contribution < -0.4 is 15.0 Å². The van der Waals surface area contributed by atoms with Gasteiger partial charge in [-0.2, -0.15) is 5.26 Å². The van der Waals surface area contributed by atoms with Crippen LogP contribution in [0.5, 0.6) is 5.75 Å². The van der Waals surface area contributed by atoms with Crippen molar-refractivity contribution in [2.24, 2.45) is 5.92 Å². The lowest BCUT2D eigenvalue weighted by Crippen LogP contribution is -2.42. The average molecular weight is 575 g/mol. The van der Waals surface area contributed by atoms with E-state index in [9.17, 15) is 18.5 Å². The summed E-state index contributed by atoms with van der Waals surface area (Å²) in [5, 5.41) is 12.6. The molecule has 2 aromatic carbocycles. The third kappa shape index (κ3) is 5.68. The smallest absolute Gasteiger partial charge is 0.227 e. The first-order valence-electron chi connectivity index (χ1n) is 14.2. The molecule has 1 saturated heterocycles. The third-order valence-corrected chi connectivity index (χ3v) is 10.2. The normalized spacial score (nSPS) is 22.9. The maximum absolute atomic E-state index is 13.5. The molecule has 1 aliphatic heterocycles. The minimum Gasteiger partial charge on any atom is -0.497 e. The molecule has 41 heavy (non-hydrogen) atoms. The van der Waals surface area contributed by atoms with Crippen molar-refractivity contribution in [2.45, 2.75) is 50.0 Å². The Morgan fingerprint density at radius 3 is 2.51 bits per heavy atom. The zero-order chi connectivity index (χ0) is 28.6. The number of hydrogen-bond donors (Lipinski definition) is 1. The standard InChI is InChI=1S/C31H34N4O5S/c1-39-24-6-4-5-22(19-24)30-33-27(21-9-11-23(12-10-21)35-15-17-41(37,38)18-16-35)28(40-30)25-7-2-3-8-26(25)29(36)34-31(20-32)13-14-31/h4-6,9-12,19,25-26H,2-3,7-8,13-18H2,1H3,(H,34,36)/t25-,26-/m1/s1. The van der Waals surface area contributed by atoms with Crippen molar-refractivity contribution in [1.29, 1.82) is 5.26 Å². The largest absolute Gasteiger partial charge is 0.497 e. The van der Waals surface area contributed by atoms with E-state index in [2.05, 4.69) is 16.3 Å². The molecule has 3 aromatic rings. The molecule has 2 aliphatic carbocycles. The Morgan fingerprint density at radius 1 is 1.10 bits per heavy atom. The first-order valence-corrected chi connectivity index (χ1v) is 16.1. The Labute approximate surface area is 240 Å². The second-order valence-electron chi connectivity index (χ2n) is 11.3. The van der Waals surface area contributed by atoms with Crippen molar-refractivity contribution in [3.8, 4) is 34.5 Å². The Hall–Kier alpha value is -3.84. The topological polar surface area (TPSA) is 126 Å².